The van der Waals surface area contributed by atoms with E-state index in [9.17, 15) is 15.0 Å². The summed E-state index contributed by atoms with van der Waals surface area (Å²) in [5.74, 6) is 0.692. The number of rotatable bonds is 17. The van der Waals surface area contributed by atoms with E-state index < -0.39 is 29.8 Å². The maximum atomic E-state index is 13.6. The minimum absolute atomic E-state index is 0.210. The molecular formula is C36H47N4O4. The fraction of sp³-hybridized carbons (Fsp3) is 0.417. The van der Waals surface area contributed by atoms with Crippen LogP contribution in [-0.4, -0.2) is 57.6 Å². The fourth-order valence-electron chi connectivity index (χ4n) is 5.23. The molecular weight excluding hydrogens is 552 g/mol. The third-order valence-corrected chi connectivity index (χ3v) is 7.57. The van der Waals surface area contributed by atoms with Gasteiger partial charge in [0.25, 0.3) is 0 Å². The van der Waals surface area contributed by atoms with Gasteiger partial charge in [-0.2, -0.15) is 0 Å². The number of carbonyl (C=O) groups is 1. The van der Waals surface area contributed by atoms with Crippen LogP contribution in [0, 0.1) is 12.0 Å². The molecule has 4 unspecified atom stereocenters. The van der Waals surface area contributed by atoms with Gasteiger partial charge in [-0.3, -0.25) is 4.79 Å². The molecule has 0 aliphatic heterocycles. The Bertz CT molecular complexity index is 1370. The normalized spacial score (nSPS) is 14.7. The van der Waals surface area contributed by atoms with E-state index in [2.05, 4.69) is 20.6 Å². The van der Waals surface area contributed by atoms with E-state index in [0.717, 1.165) is 41.7 Å². The van der Waals surface area contributed by atoms with Crippen LogP contribution < -0.4 is 10.6 Å². The minimum Gasteiger partial charge on any atom is -0.392 e. The second-order valence-electron chi connectivity index (χ2n) is 12.4. The van der Waals surface area contributed by atoms with Gasteiger partial charge in [0.05, 0.1) is 35.8 Å². The zero-order valence-electron chi connectivity index (χ0n) is 26.1. The molecule has 5 N–H and O–H groups in total. The Hall–Kier alpha value is -3.56. The zero-order valence-corrected chi connectivity index (χ0v) is 26.1. The molecule has 4 atom stereocenters. The number of carbonyl (C=O) groups excluding carboxylic acids is 1. The number of aromatic nitrogens is 2. The van der Waals surface area contributed by atoms with E-state index in [0.29, 0.717) is 19.4 Å². The third-order valence-electron chi connectivity index (χ3n) is 7.57. The van der Waals surface area contributed by atoms with Crippen LogP contribution in [0.1, 0.15) is 63.0 Å². The molecule has 0 aliphatic rings. The number of aryl methyl sites for hydroxylation is 2. The Morgan fingerprint density at radius 1 is 0.955 bits per heavy atom. The quantitative estimate of drug-likeness (QED) is 0.105. The molecule has 8 heteroatoms. The van der Waals surface area contributed by atoms with Crippen LogP contribution in [0.4, 0.5) is 0 Å². The van der Waals surface area contributed by atoms with Crippen molar-refractivity contribution in [2.75, 3.05) is 13.2 Å². The van der Waals surface area contributed by atoms with Gasteiger partial charge in [0.2, 0.25) is 5.91 Å². The molecule has 4 rings (SSSR count). The van der Waals surface area contributed by atoms with Crippen LogP contribution in [0.3, 0.4) is 0 Å². The third kappa shape index (κ3) is 10.6. The van der Waals surface area contributed by atoms with Crippen molar-refractivity contribution in [3.05, 3.63) is 108 Å². The van der Waals surface area contributed by atoms with Crippen LogP contribution in [0.5, 0.6) is 0 Å². The summed E-state index contributed by atoms with van der Waals surface area (Å²) in [5, 5.41) is 27.5. The number of imidazole rings is 1. The lowest BCUT2D eigenvalue weighted by molar-refractivity contribution is -0.141. The lowest BCUT2D eigenvalue weighted by atomic mass is 9.87. The van der Waals surface area contributed by atoms with Crippen molar-refractivity contribution in [2.45, 2.75) is 77.2 Å². The highest BCUT2D eigenvalue weighted by Gasteiger charge is 2.34. The lowest BCUT2D eigenvalue weighted by Gasteiger charge is -2.32. The first-order valence-electron chi connectivity index (χ1n) is 15.6. The van der Waals surface area contributed by atoms with Crippen molar-refractivity contribution in [3.8, 4) is 0 Å². The van der Waals surface area contributed by atoms with Crippen LogP contribution in [0.2, 0.25) is 0 Å². The molecule has 0 spiro atoms. The number of nitrogens with zero attached hydrogens (tertiary/aromatic N) is 1. The van der Waals surface area contributed by atoms with Gasteiger partial charge in [0, 0.05) is 19.6 Å². The predicted octanol–water partition coefficient (Wildman–Crippen LogP) is 5.28. The zero-order chi connectivity index (χ0) is 31.4. The topological polar surface area (TPSA) is 120 Å². The van der Waals surface area contributed by atoms with Crippen LogP contribution in [0.25, 0.3) is 11.0 Å². The maximum absolute atomic E-state index is 13.6. The molecule has 0 fully saturated rings. The number of aromatic amines is 1. The number of hydrogen-bond donors (Lipinski definition) is 5. The Labute approximate surface area is 261 Å². The van der Waals surface area contributed by atoms with Gasteiger partial charge in [0.1, 0.15) is 11.9 Å². The number of fused-ring (bicyclic) bond motifs is 1. The Morgan fingerprint density at radius 3 is 2.34 bits per heavy atom. The smallest absolute Gasteiger partial charge is 0.250 e. The van der Waals surface area contributed by atoms with Crippen molar-refractivity contribution in [3.63, 3.8) is 0 Å². The number of ether oxygens (including phenoxy) is 1. The number of hydrogen-bond acceptors (Lipinski definition) is 6. The van der Waals surface area contributed by atoms with Gasteiger partial charge in [-0.1, -0.05) is 93.6 Å². The number of amides is 1. The molecule has 0 aliphatic carbocycles. The summed E-state index contributed by atoms with van der Waals surface area (Å²) in [6.45, 7) is 8.26. The maximum Gasteiger partial charge on any atom is 0.250 e. The standard InChI is InChI=1S/C36H47N4O4/c1-36(2,3)34(44-22-12-19-33-38-30-17-10-11-18-31(30)39-33)35(43)40-32(27-15-8-5-9-16-27)23-29(42)25-37-24-28(41)21-20-26-13-6-4-7-14-26/h4-11,13-18,24,28-29,32,34,37,41-42H,12,19-23,25H2,1-3H3,(H,38,39)(H,40,43). The summed E-state index contributed by atoms with van der Waals surface area (Å²) in [4.78, 5) is 21.6. The monoisotopic (exact) mass is 599 g/mol. The molecule has 3 aromatic carbocycles. The highest BCUT2D eigenvalue weighted by atomic mass is 16.5. The molecule has 4 aromatic rings. The van der Waals surface area contributed by atoms with Crippen molar-refractivity contribution < 1.29 is 19.7 Å². The van der Waals surface area contributed by atoms with Crippen molar-refractivity contribution >= 4 is 16.9 Å². The molecule has 1 aromatic heterocycles. The minimum atomic E-state index is -0.754. The summed E-state index contributed by atoms with van der Waals surface area (Å²) >= 11 is 0. The van der Waals surface area contributed by atoms with E-state index in [-0.39, 0.29) is 12.5 Å². The van der Waals surface area contributed by atoms with Gasteiger partial charge >= 0.3 is 0 Å². The molecule has 0 saturated heterocycles. The average Bonchev–Trinajstić information content (AvgIpc) is 3.43. The van der Waals surface area contributed by atoms with Gasteiger partial charge < -0.3 is 30.6 Å². The number of aliphatic hydroxyl groups is 2. The van der Waals surface area contributed by atoms with Crippen molar-refractivity contribution in [1.82, 2.24) is 20.6 Å². The Balaban J connectivity index is 1.28. The van der Waals surface area contributed by atoms with Gasteiger partial charge in [-0.25, -0.2) is 4.98 Å². The second kappa shape index (κ2) is 16.5. The number of nitrogens with one attached hydrogen (secondary N) is 3. The molecule has 0 bridgehead atoms. The first kappa shape index (κ1) is 33.3. The van der Waals surface area contributed by atoms with Crippen LogP contribution in [-0.2, 0) is 22.4 Å². The highest BCUT2D eigenvalue weighted by molar-refractivity contribution is 5.82. The molecule has 44 heavy (non-hydrogen) atoms. The number of H-pyrrole nitrogens is 1. The number of aliphatic hydroxyl groups excluding tert-OH is 2. The molecule has 8 nitrogen and oxygen atoms in total. The van der Waals surface area contributed by atoms with Gasteiger partial charge in [-0.15, -0.1) is 0 Å². The summed E-state index contributed by atoms with van der Waals surface area (Å²) in [6.07, 6.45) is 1.03. The largest absolute Gasteiger partial charge is 0.392 e. The predicted molar refractivity (Wildman–Crippen MR) is 175 cm³/mol. The summed E-state index contributed by atoms with van der Waals surface area (Å²) in [7, 11) is 0. The van der Waals surface area contributed by atoms with E-state index in [1.54, 1.807) is 6.54 Å². The number of benzene rings is 3. The van der Waals surface area contributed by atoms with Crippen molar-refractivity contribution in [2.24, 2.45) is 5.41 Å². The molecule has 1 amide bonds. The molecule has 1 radical (unpaired) electrons. The van der Waals surface area contributed by atoms with Gasteiger partial charge in [0.15, 0.2) is 0 Å². The lowest BCUT2D eigenvalue weighted by Crippen LogP contribution is -2.46. The van der Waals surface area contributed by atoms with E-state index in [1.165, 1.54) is 5.56 Å². The van der Waals surface area contributed by atoms with E-state index >= 15 is 0 Å². The summed E-state index contributed by atoms with van der Waals surface area (Å²) in [5.41, 5.74) is 3.60. The number of para-hydroxylation sites is 2. The van der Waals surface area contributed by atoms with E-state index in [4.69, 9.17) is 4.74 Å². The molecule has 0 saturated carbocycles. The highest BCUT2D eigenvalue weighted by Crippen LogP contribution is 2.26. The SMILES string of the molecule is CC(C)(C)C(OCCCc1nc2ccccc2[nH]1)C(=O)NC(CC(O)CN[CH]C(O)CCc1ccccc1)c1ccccc1. The summed E-state index contributed by atoms with van der Waals surface area (Å²) in [6, 6.07) is 27.2. The Morgan fingerprint density at radius 2 is 1.64 bits per heavy atom. The van der Waals surface area contributed by atoms with Crippen molar-refractivity contribution in [1.29, 1.82) is 0 Å². The first-order chi connectivity index (χ1) is 21.2. The van der Waals surface area contributed by atoms with Crippen LogP contribution in [0.15, 0.2) is 84.9 Å². The molecule has 1 heterocycles. The Kier molecular flexibility index (Phi) is 12.5. The first-order valence-corrected chi connectivity index (χ1v) is 15.6. The summed E-state index contributed by atoms with van der Waals surface area (Å²) < 4.78 is 6.19. The second-order valence-corrected chi connectivity index (χ2v) is 12.4. The van der Waals surface area contributed by atoms with E-state index in [1.807, 2.05) is 106 Å². The average molecular weight is 600 g/mol. The fourth-order valence-corrected chi connectivity index (χ4v) is 5.23. The molecule has 235 valence electrons. The van der Waals surface area contributed by atoms with Crippen LogP contribution >= 0.6 is 0 Å². The van der Waals surface area contributed by atoms with Gasteiger partial charge in [-0.05, 0) is 54.4 Å².